The SMILES string of the molecule is COc1cc(-n2[c-]cnc2C(F)(F)F)nc(C(C)(C)c2cc(OC)cc(-n3[c-]cnc3C(F)(F)F)n2)c1.[Pd+2]. The van der Waals surface area contributed by atoms with Gasteiger partial charge in [-0.25, -0.2) is 0 Å². The Bertz CT molecular complexity index is 1320. The molecule has 0 atom stereocenters. The van der Waals surface area contributed by atoms with Gasteiger partial charge in [0.1, 0.15) is 23.1 Å². The summed E-state index contributed by atoms with van der Waals surface area (Å²) >= 11 is 0. The molecule has 38 heavy (non-hydrogen) atoms. The normalized spacial score (nSPS) is 12.3. The number of rotatable bonds is 6. The van der Waals surface area contributed by atoms with Gasteiger partial charge in [0.05, 0.1) is 14.2 Å². The fourth-order valence-corrected chi connectivity index (χ4v) is 3.50. The first-order chi connectivity index (χ1) is 17.3. The van der Waals surface area contributed by atoms with Crippen LogP contribution in [0.4, 0.5) is 26.3 Å². The van der Waals surface area contributed by atoms with Crippen molar-refractivity contribution in [3.63, 3.8) is 0 Å². The summed E-state index contributed by atoms with van der Waals surface area (Å²) in [6.45, 7) is 3.30. The molecule has 0 aliphatic heterocycles. The van der Waals surface area contributed by atoms with Crippen LogP contribution in [0.3, 0.4) is 0 Å². The molecule has 0 bridgehead atoms. The Morgan fingerprint density at radius 3 is 1.37 bits per heavy atom. The van der Waals surface area contributed by atoms with Crippen molar-refractivity contribution in [2.45, 2.75) is 31.6 Å². The molecule has 0 N–H and O–H groups in total. The van der Waals surface area contributed by atoms with Crippen molar-refractivity contribution in [2.24, 2.45) is 0 Å². The Hall–Kier alpha value is -3.44. The van der Waals surface area contributed by atoms with Gasteiger partial charge in [0.25, 0.3) is 0 Å². The molecule has 0 aliphatic carbocycles. The summed E-state index contributed by atoms with van der Waals surface area (Å²) in [7, 11) is 2.65. The summed E-state index contributed by atoms with van der Waals surface area (Å²) < 4.78 is 92.5. The molecule has 0 aromatic carbocycles. The van der Waals surface area contributed by atoms with Crippen LogP contribution in [-0.2, 0) is 38.2 Å². The Morgan fingerprint density at radius 2 is 1.05 bits per heavy atom. The van der Waals surface area contributed by atoms with E-state index in [2.05, 4.69) is 32.3 Å². The summed E-state index contributed by atoms with van der Waals surface area (Å²) in [6, 6.07) is 5.51. The zero-order chi connectivity index (χ0) is 27.2. The third-order valence-corrected chi connectivity index (χ3v) is 5.46. The van der Waals surface area contributed by atoms with E-state index in [0.29, 0.717) is 9.13 Å². The molecule has 0 unspecified atom stereocenters. The molecule has 0 amide bonds. The molecule has 204 valence electrons. The standard InChI is InChI=1S/C23H18F6N6O2.Pd/c1-21(2,15-9-13(36-3)11-17(32-15)34-7-5-30-19(34)22(24,25)26)16-10-14(37-4)12-18(33-16)35-8-6-31-20(35)23(27,28)29;/h5-6,9-12H,1-4H3;/q-2;+2. The number of alkyl halides is 6. The number of pyridine rings is 2. The number of hydrogen-bond donors (Lipinski definition) is 0. The Balaban J connectivity index is 0.00000400. The summed E-state index contributed by atoms with van der Waals surface area (Å²) in [5.74, 6) is -2.50. The maximum atomic E-state index is 13.5. The molecule has 15 heteroatoms. The summed E-state index contributed by atoms with van der Waals surface area (Å²) in [5.41, 5.74) is -0.756. The molecule has 4 aromatic heterocycles. The zero-order valence-electron chi connectivity index (χ0n) is 20.0. The predicted molar refractivity (Wildman–Crippen MR) is 116 cm³/mol. The van der Waals surface area contributed by atoms with E-state index in [9.17, 15) is 26.3 Å². The van der Waals surface area contributed by atoms with Gasteiger partial charge in [-0.05, 0) is 38.4 Å². The number of nitrogens with zero attached hydrogens (tertiary/aromatic N) is 6. The van der Waals surface area contributed by atoms with E-state index >= 15 is 0 Å². The Morgan fingerprint density at radius 1 is 0.684 bits per heavy atom. The second kappa shape index (κ2) is 10.4. The van der Waals surface area contributed by atoms with Crippen molar-refractivity contribution in [1.29, 1.82) is 0 Å². The van der Waals surface area contributed by atoms with Crippen LogP contribution < -0.4 is 9.47 Å². The molecule has 4 heterocycles. The average molecular weight is 631 g/mol. The first-order valence-corrected chi connectivity index (χ1v) is 10.4. The van der Waals surface area contributed by atoms with E-state index in [0.717, 1.165) is 12.4 Å². The molecule has 0 fully saturated rings. The third-order valence-electron chi connectivity index (χ3n) is 5.46. The maximum Gasteiger partial charge on any atom is 2.00 e. The van der Waals surface area contributed by atoms with Gasteiger partial charge >= 0.3 is 32.8 Å². The van der Waals surface area contributed by atoms with Crippen molar-refractivity contribution in [1.82, 2.24) is 29.1 Å². The molecule has 0 saturated heterocycles. The summed E-state index contributed by atoms with van der Waals surface area (Å²) in [4.78, 5) is 15.4. The third kappa shape index (κ3) is 5.53. The van der Waals surface area contributed by atoms with Crippen LogP contribution in [0, 0.1) is 12.4 Å². The van der Waals surface area contributed by atoms with Gasteiger partial charge in [0, 0.05) is 40.6 Å². The van der Waals surface area contributed by atoms with Crippen molar-refractivity contribution in [3.05, 3.63) is 72.1 Å². The van der Waals surface area contributed by atoms with Gasteiger partial charge in [0.2, 0.25) is 0 Å². The van der Waals surface area contributed by atoms with Crippen LogP contribution in [0.25, 0.3) is 11.6 Å². The average Bonchev–Trinajstić information content (AvgIpc) is 3.53. The van der Waals surface area contributed by atoms with Crippen LogP contribution in [0.15, 0.2) is 36.7 Å². The van der Waals surface area contributed by atoms with Gasteiger partial charge in [0.15, 0.2) is 0 Å². The van der Waals surface area contributed by atoms with E-state index in [1.807, 2.05) is 0 Å². The van der Waals surface area contributed by atoms with E-state index in [4.69, 9.17) is 9.47 Å². The minimum Gasteiger partial charge on any atom is -0.498 e. The number of imidazole rings is 2. The molecule has 0 saturated carbocycles. The van der Waals surface area contributed by atoms with Crippen LogP contribution in [0.2, 0.25) is 0 Å². The summed E-state index contributed by atoms with van der Waals surface area (Å²) in [6.07, 6.45) is -3.07. The van der Waals surface area contributed by atoms with Crippen LogP contribution in [0.1, 0.15) is 36.9 Å². The molecule has 0 radical (unpaired) electrons. The molecule has 8 nitrogen and oxygen atoms in total. The van der Waals surface area contributed by atoms with Gasteiger partial charge in [-0.3, -0.25) is 9.97 Å². The van der Waals surface area contributed by atoms with Gasteiger partial charge in [-0.1, -0.05) is 12.4 Å². The maximum absolute atomic E-state index is 13.5. The van der Waals surface area contributed by atoms with E-state index < -0.39 is 29.4 Å². The van der Waals surface area contributed by atoms with Crippen molar-refractivity contribution in [2.75, 3.05) is 14.2 Å². The number of hydrogen-bond acceptors (Lipinski definition) is 6. The first-order valence-electron chi connectivity index (χ1n) is 10.4. The molecule has 4 rings (SSSR count). The van der Waals surface area contributed by atoms with E-state index in [1.54, 1.807) is 13.8 Å². The van der Waals surface area contributed by atoms with Crippen LogP contribution >= 0.6 is 0 Å². The Labute approximate surface area is 226 Å². The largest absolute Gasteiger partial charge is 2.00 e. The second-order valence-electron chi connectivity index (χ2n) is 8.21. The van der Waals surface area contributed by atoms with Crippen LogP contribution in [-0.4, -0.2) is 43.3 Å². The van der Waals surface area contributed by atoms with Gasteiger partial charge in [-0.2, -0.15) is 26.3 Å². The molecular weight excluding hydrogens is 613 g/mol. The fourth-order valence-electron chi connectivity index (χ4n) is 3.50. The van der Waals surface area contributed by atoms with E-state index in [-0.39, 0.29) is 54.9 Å². The van der Waals surface area contributed by atoms with Crippen molar-refractivity contribution in [3.8, 4) is 23.1 Å². The predicted octanol–water partition coefficient (Wildman–Crippen LogP) is 4.83. The Kier molecular flexibility index (Phi) is 7.95. The summed E-state index contributed by atoms with van der Waals surface area (Å²) in [5, 5.41) is 0. The molecule has 0 aliphatic rings. The molecule has 4 aromatic rings. The van der Waals surface area contributed by atoms with Crippen LogP contribution in [0.5, 0.6) is 11.5 Å². The second-order valence-corrected chi connectivity index (χ2v) is 8.21. The quantitative estimate of drug-likeness (QED) is 0.173. The minimum absolute atomic E-state index is 0. The van der Waals surface area contributed by atoms with Gasteiger partial charge in [-0.15, -0.1) is 0 Å². The van der Waals surface area contributed by atoms with Crippen molar-refractivity contribution < 1.29 is 56.2 Å². The number of halogens is 6. The van der Waals surface area contributed by atoms with Gasteiger partial charge < -0.3 is 28.6 Å². The van der Waals surface area contributed by atoms with Crippen molar-refractivity contribution >= 4 is 0 Å². The number of ether oxygens (including phenoxy) is 2. The fraction of sp³-hybridized carbons (Fsp3) is 0.304. The van der Waals surface area contributed by atoms with E-state index in [1.165, 1.54) is 38.5 Å². The zero-order valence-corrected chi connectivity index (χ0v) is 21.6. The molecule has 0 spiro atoms. The number of aromatic nitrogens is 6. The molecular formula is C23H18F6N6O2Pd. The smallest absolute Gasteiger partial charge is 0.498 e. The number of methoxy groups -OCH3 is 2. The first kappa shape index (κ1) is 29.1. The monoisotopic (exact) mass is 630 g/mol. The minimum atomic E-state index is -4.78. The topological polar surface area (TPSA) is 79.9 Å².